The fraction of sp³-hybridized carbons (Fsp3) is 0.235. The Morgan fingerprint density at radius 1 is 1.10 bits per heavy atom. The lowest BCUT2D eigenvalue weighted by atomic mass is 10.2. The lowest BCUT2D eigenvalue weighted by Gasteiger charge is -2.09. The Morgan fingerprint density at radius 3 is 2.65 bits per heavy atom. The number of hydrogen-bond acceptors (Lipinski definition) is 2. The number of amides is 1. The molecule has 2 aromatic rings. The van der Waals surface area contributed by atoms with Crippen LogP contribution in [-0.2, 0) is 11.4 Å². The first-order chi connectivity index (χ1) is 9.81. The average Bonchev–Trinajstić information content (AvgIpc) is 3.31. The van der Waals surface area contributed by atoms with Gasteiger partial charge < -0.3 is 10.1 Å². The third kappa shape index (κ3) is 3.38. The van der Waals surface area contributed by atoms with Crippen LogP contribution in [0.5, 0.6) is 5.75 Å². The SMILES string of the molecule is O=C(Nc1cccc(OCc2ccccc2)c1)C1CC1. The summed E-state index contributed by atoms with van der Waals surface area (Å²) < 4.78 is 5.74. The maximum absolute atomic E-state index is 11.7. The number of carbonyl (C=O) groups is 1. The molecule has 3 heteroatoms. The van der Waals surface area contributed by atoms with Gasteiger partial charge in [0, 0.05) is 17.7 Å². The summed E-state index contributed by atoms with van der Waals surface area (Å²) in [7, 11) is 0. The number of ether oxygens (including phenoxy) is 1. The molecule has 0 radical (unpaired) electrons. The molecule has 0 saturated heterocycles. The second-order valence-corrected chi connectivity index (χ2v) is 5.07. The molecule has 1 amide bonds. The summed E-state index contributed by atoms with van der Waals surface area (Å²) in [5.74, 6) is 1.09. The number of benzene rings is 2. The summed E-state index contributed by atoms with van der Waals surface area (Å²) in [6, 6.07) is 17.6. The largest absolute Gasteiger partial charge is 0.489 e. The predicted molar refractivity (Wildman–Crippen MR) is 78.6 cm³/mol. The normalized spacial score (nSPS) is 13.8. The second kappa shape index (κ2) is 5.78. The summed E-state index contributed by atoms with van der Waals surface area (Å²) in [6.07, 6.45) is 2.02. The van der Waals surface area contributed by atoms with Crippen molar-refractivity contribution < 1.29 is 9.53 Å². The Bertz CT molecular complexity index is 591. The molecular formula is C17H17NO2. The van der Waals surface area contributed by atoms with Crippen LogP contribution in [0.3, 0.4) is 0 Å². The zero-order valence-corrected chi connectivity index (χ0v) is 11.2. The maximum Gasteiger partial charge on any atom is 0.227 e. The minimum atomic E-state index is 0.116. The van der Waals surface area contributed by atoms with Gasteiger partial charge in [0.1, 0.15) is 12.4 Å². The third-order valence-corrected chi connectivity index (χ3v) is 3.30. The molecule has 102 valence electrons. The van der Waals surface area contributed by atoms with E-state index in [0.29, 0.717) is 6.61 Å². The fourth-order valence-corrected chi connectivity index (χ4v) is 1.99. The molecule has 0 unspecified atom stereocenters. The second-order valence-electron chi connectivity index (χ2n) is 5.07. The first-order valence-electron chi connectivity index (χ1n) is 6.89. The van der Waals surface area contributed by atoms with Crippen LogP contribution in [0.2, 0.25) is 0 Å². The van der Waals surface area contributed by atoms with Gasteiger partial charge in [0.15, 0.2) is 0 Å². The van der Waals surface area contributed by atoms with Crippen LogP contribution in [0.1, 0.15) is 18.4 Å². The van der Waals surface area contributed by atoms with Gasteiger partial charge in [0.05, 0.1) is 0 Å². The zero-order valence-electron chi connectivity index (χ0n) is 11.2. The average molecular weight is 267 g/mol. The fourth-order valence-electron chi connectivity index (χ4n) is 1.99. The van der Waals surface area contributed by atoms with Crippen molar-refractivity contribution >= 4 is 11.6 Å². The van der Waals surface area contributed by atoms with E-state index in [4.69, 9.17) is 4.74 Å². The van der Waals surface area contributed by atoms with E-state index >= 15 is 0 Å². The zero-order chi connectivity index (χ0) is 13.8. The number of nitrogens with one attached hydrogen (secondary N) is 1. The van der Waals surface area contributed by atoms with Crippen molar-refractivity contribution in [2.75, 3.05) is 5.32 Å². The molecule has 1 saturated carbocycles. The van der Waals surface area contributed by atoms with E-state index in [0.717, 1.165) is 29.8 Å². The van der Waals surface area contributed by atoms with Crippen molar-refractivity contribution in [3.63, 3.8) is 0 Å². The summed E-state index contributed by atoms with van der Waals surface area (Å²) in [4.78, 5) is 11.7. The van der Waals surface area contributed by atoms with Crippen molar-refractivity contribution in [1.82, 2.24) is 0 Å². The van der Waals surface area contributed by atoms with E-state index in [1.54, 1.807) is 0 Å². The Hall–Kier alpha value is -2.29. The topological polar surface area (TPSA) is 38.3 Å². The number of rotatable bonds is 5. The summed E-state index contributed by atoms with van der Waals surface area (Å²) in [6.45, 7) is 0.529. The van der Waals surface area contributed by atoms with E-state index in [2.05, 4.69) is 5.32 Å². The van der Waals surface area contributed by atoms with Crippen molar-refractivity contribution in [1.29, 1.82) is 0 Å². The van der Waals surface area contributed by atoms with Gasteiger partial charge in [-0.05, 0) is 30.5 Å². The van der Waals surface area contributed by atoms with Crippen LogP contribution in [0, 0.1) is 5.92 Å². The molecule has 3 rings (SSSR count). The Morgan fingerprint density at radius 2 is 1.90 bits per heavy atom. The molecule has 1 N–H and O–H groups in total. The van der Waals surface area contributed by atoms with E-state index < -0.39 is 0 Å². The molecule has 0 atom stereocenters. The summed E-state index contributed by atoms with van der Waals surface area (Å²) in [5.41, 5.74) is 1.92. The van der Waals surface area contributed by atoms with Gasteiger partial charge in [-0.3, -0.25) is 4.79 Å². The lowest BCUT2D eigenvalue weighted by Crippen LogP contribution is -2.13. The van der Waals surface area contributed by atoms with Crippen LogP contribution >= 0.6 is 0 Å². The molecule has 0 aliphatic heterocycles. The van der Waals surface area contributed by atoms with Gasteiger partial charge in [0.2, 0.25) is 5.91 Å². The Balaban J connectivity index is 1.60. The van der Waals surface area contributed by atoms with Gasteiger partial charge in [-0.15, -0.1) is 0 Å². The highest BCUT2D eigenvalue weighted by molar-refractivity contribution is 5.94. The number of hydrogen-bond donors (Lipinski definition) is 1. The van der Waals surface area contributed by atoms with Gasteiger partial charge in [0.25, 0.3) is 0 Å². The molecule has 20 heavy (non-hydrogen) atoms. The van der Waals surface area contributed by atoms with Crippen LogP contribution < -0.4 is 10.1 Å². The van der Waals surface area contributed by atoms with Crippen molar-refractivity contribution in [2.24, 2.45) is 5.92 Å². The first kappa shape index (κ1) is 12.7. The maximum atomic E-state index is 11.7. The minimum absolute atomic E-state index is 0.116. The quantitative estimate of drug-likeness (QED) is 0.898. The van der Waals surface area contributed by atoms with Crippen molar-refractivity contribution in [3.8, 4) is 5.75 Å². The standard InChI is InChI=1S/C17H17NO2/c19-17(14-9-10-14)18-15-7-4-8-16(11-15)20-12-13-5-2-1-3-6-13/h1-8,11,14H,9-10,12H2,(H,18,19). The van der Waals surface area contributed by atoms with Crippen molar-refractivity contribution in [2.45, 2.75) is 19.4 Å². The van der Waals surface area contributed by atoms with E-state index in [-0.39, 0.29) is 11.8 Å². The highest BCUT2D eigenvalue weighted by atomic mass is 16.5. The molecular weight excluding hydrogens is 250 g/mol. The molecule has 0 spiro atoms. The highest BCUT2D eigenvalue weighted by Crippen LogP contribution is 2.30. The van der Waals surface area contributed by atoms with Gasteiger partial charge in [-0.25, -0.2) is 0 Å². The van der Waals surface area contributed by atoms with Crippen LogP contribution in [0.15, 0.2) is 54.6 Å². The third-order valence-electron chi connectivity index (χ3n) is 3.30. The van der Waals surface area contributed by atoms with E-state index in [1.807, 2.05) is 54.6 Å². The molecule has 1 fully saturated rings. The van der Waals surface area contributed by atoms with Crippen LogP contribution in [0.4, 0.5) is 5.69 Å². The Labute approximate surface area is 118 Å². The van der Waals surface area contributed by atoms with E-state index in [9.17, 15) is 4.79 Å². The molecule has 0 aromatic heterocycles. The minimum Gasteiger partial charge on any atom is -0.489 e. The monoisotopic (exact) mass is 267 g/mol. The molecule has 0 heterocycles. The highest BCUT2D eigenvalue weighted by Gasteiger charge is 2.29. The molecule has 0 bridgehead atoms. The van der Waals surface area contributed by atoms with Crippen LogP contribution in [0.25, 0.3) is 0 Å². The number of carbonyl (C=O) groups excluding carboxylic acids is 1. The molecule has 2 aromatic carbocycles. The molecule has 1 aliphatic carbocycles. The Kier molecular flexibility index (Phi) is 3.68. The van der Waals surface area contributed by atoms with Crippen molar-refractivity contribution in [3.05, 3.63) is 60.2 Å². The van der Waals surface area contributed by atoms with E-state index in [1.165, 1.54) is 0 Å². The summed E-state index contributed by atoms with van der Waals surface area (Å²) >= 11 is 0. The van der Waals surface area contributed by atoms with Gasteiger partial charge >= 0.3 is 0 Å². The smallest absolute Gasteiger partial charge is 0.227 e. The molecule has 1 aliphatic rings. The molecule has 3 nitrogen and oxygen atoms in total. The lowest BCUT2D eigenvalue weighted by molar-refractivity contribution is -0.117. The predicted octanol–water partition coefficient (Wildman–Crippen LogP) is 3.61. The van der Waals surface area contributed by atoms with Crippen LogP contribution in [-0.4, -0.2) is 5.91 Å². The van der Waals surface area contributed by atoms with Gasteiger partial charge in [-0.1, -0.05) is 36.4 Å². The summed E-state index contributed by atoms with van der Waals surface area (Å²) in [5, 5.41) is 2.92. The number of anilines is 1. The van der Waals surface area contributed by atoms with Gasteiger partial charge in [-0.2, -0.15) is 0 Å². The first-order valence-corrected chi connectivity index (χ1v) is 6.89.